The van der Waals surface area contributed by atoms with Crippen LogP contribution in [-0.4, -0.2) is 24.7 Å². The summed E-state index contributed by atoms with van der Waals surface area (Å²) in [7, 11) is 0. The number of aromatic nitrogens is 5. The quantitative estimate of drug-likeness (QED) is 0.531. The number of nitrogens with zero attached hydrogens (tertiary/aromatic N) is 4. The maximum Gasteiger partial charge on any atom is 0.330 e. The molecule has 3 aromatic rings. The summed E-state index contributed by atoms with van der Waals surface area (Å²) in [5.41, 5.74) is 1.52. The Balaban J connectivity index is 1.67. The first-order chi connectivity index (χ1) is 13.0. The highest BCUT2D eigenvalue weighted by molar-refractivity contribution is 7.98. The first-order valence-electron chi connectivity index (χ1n) is 9.14. The number of thioether (sulfide) groups is 1. The van der Waals surface area contributed by atoms with Gasteiger partial charge < -0.3 is 4.52 Å². The molecule has 140 valence electrons. The van der Waals surface area contributed by atoms with E-state index in [4.69, 9.17) is 9.51 Å². The zero-order valence-electron chi connectivity index (χ0n) is 15.1. The molecule has 0 bridgehead atoms. The van der Waals surface area contributed by atoms with Crippen LogP contribution in [0.1, 0.15) is 60.5 Å². The van der Waals surface area contributed by atoms with E-state index in [1.807, 2.05) is 13.8 Å². The van der Waals surface area contributed by atoms with Gasteiger partial charge in [0.25, 0.3) is 5.56 Å². The van der Waals surface area contributed by atoms with E-state index in [0.29, 0.717) is 27.7 Å². The molecule has 0 unspecified atom stereocenters. The van der Waals surface area contributed by atoms with Gasteiger partial charge in [-0.2, -0.15) is 0 Å². The standard InChI is InChI=1S/C18H19N5O3S/c1-8-12(9(2)26-22-8)7-27-17-13-15(19-14(20-17)10-3-4-10)23(11-5-6-11)18(25)21-16(13)24/h10-11H,3-7H2,1-2H3,(H,21,24,25). The number of H-pyrrole nitrogens is 1. The zero-order valence-corrected chi connectivity index (χ0v) is 15.9. The maximum atomic E-state index is 12.6. The van der Waals surface area contributed by atoms with Gasteiger partial charge in [-0.05, 0) is 39.5 Å². The number of rotatable bonds is 5. The van der Waals surface area contributed by atoms with Crippen molar-refractivity contribution in [3.63, 3.8) is 0 Å². The number of hydrogen-bond donors (Lipinski definition) is 1. The smallest absolute Gasteiger partial charge is 0.330 e. The minimum atomic E-state index is -0.421. The molecule has 0 amide bonds. The number of nitrogens with one attached hydrogen (secondary N) is 1. The zero-order chi connectivity index (χ0) is 18.7. The number of fused-ring (bicyclic) bond motifs is 1. The lowest BCUT2D eigenvalue weighted by molar-refractivity contribution is 0.392. The van der Waals surface area contributed by atoms with Gasteiger partial charge >= 0.3 is 5.69 Å². The molecular weight excluding hydrogens is 366 g/mol. The minimum Gasteiger partial charge on any atom is -0.361 e. The van der Waals surface area contributed by atoms with E-state index in [2.05, 4.69) is 15.1 Å². The van der Waals surface area contributed by atoms with Gasteiger partial charge in [-0.1, -0.05) is 5.16 Å². The molecule has 3 heterocycles. The van der Waals surface area contributed by atoms with Gasteiger partial charge in [0.05, 0.1) is 5.69 Å². The Kier molecular flexibility index (Phi) is 3.75. The third kappa shape index (κ3) is 2.90. The summed E-state index contributed by atoms with van der Waals surface area (Å²) in [5, 5.41) is 5.01. The van der Waals surface area contributed by atoms with Gasteiger partial charge in [-0.3, -0.25) is 14.3 Å². The average Bonchev–Trinajstić information content (AvgIpc) is 3.52. The Morgan fingerprint density at radius 1 is 1.19 bits per heavy atom. The summed E-state index contributed by atoms with van der Waals surface area (Å²) in [6, 6.07) is 0.124. The third-order valence-corrected chi connectivity index (χ3v) is 6.16. The second-order valence-electron chi connectivity index (χ2n) is 7.31. The van der Waals surface area contributed by atoms with Crippen LogP contribution in [-0.2, 0) is 5.75 Å². The molecule has 0 aromatic carbocycles. The van der Waals surface area contributed by atoms with Crippen molar-refractivity contribution in [3.05, 3.63) is 43.7 Å². The van der Waals surface area contributed by atoms with Gasteiger partial charge in [0.2, 0.25) is 0 Å². The van der Waals surface area contributed by atoms with Crippen LogP contribution in [0.25, 0.3) is 11.0 Å². The van der Waals surface area contributed by atoms with Crippen molar-refractivity contribution >= 4 is 22.8 Å². The summed E-state index contributed by atoms with van der Waals surface area (Å²) in [5.74, 6) is 2.43. The normalized spacial score (nSPS) is 17.0. The van der Waals surface area contributed by atoms with E-state index in [1.54, 1.807) is 4.57 Å². The molecule has 2 fully saturated rings. The predicted octanol–water partition coefficient (Wildman–Crippen LogP) is 2.59. The van der Waals surface area contributed by atoms with E-state index >= 15 is 0 Å². The highest BCUT2D eigenvalue weighted by Gasteiger charge is 2.32. The summed E-state index contributed by atoms with van der Waals surface area (Å²) in [6.45, 7) is 3.78. The third-order valence-electron chi connectivity index (χ3n) is 5.16. The predicted molar refractivity (Wildman–Crippen MR) is 100 cm³/mol. The Morgan fingerprint density at radius 2 is 1.96 bits per heavy atom. The molecule has 2 aliphatic rings. The van der Waals surface area contributed by atoms with Gasteiger partial charge in [-0.25, -0.2) is 14.8 Å². The molecular formula is C18H19N5O3S. The fourth-order valence-corrected chi connectivity index (χ4v) is 4.46. The summed E-state index contributed by atoms with van der Waals surface area (Å²) < 4.78 is 6.88. The summed E-state index contributed by atoms with van der Waals surface area (Å²) in [6.07, 6.45) is 3.98. The molecule has 8 nitrogen and oxygen atoms in total. The SMILES string of the molecule is Cc1noc(C)c1CSc1nc(C2CC2)nc2c1c(=O)[nH]c(=O)n2C1CC1. The van der Waals surface area contributed by atoms with Crippen molar-refractivity contribution in [1.29, 1.82) is 0 Å². The van der Waals surface area contributed by atoms with Gasteiger partial charge in [0, 0.05) is 23.3 Å². The van der Waals surface area contributed by atoms with Crippen LogP contribution >= 0.6 is 11.8 Å². The second kappa shape index (κ2) is 6.05. The van der Waals surface area contributed by atoms with Crippen molar-refractivity contribution in [1.82, 2.24) is 24.7 Å². The highest BCUT2D eigenvalue weighted by atomic mass is 32.2. The van der Waals surface area contributed by atoms with Crippen molar-refractivity contribution in [2.75, 3.05) is 0 Å². The lowest BCUT2D eigenvalue weighted by atomic mass is 10.2. The summed E-state index contributed by atoms with van der Waals surface area (Å²) >= 11 is 1.47. The van der Waals surface area contributed by atoms with E-state index in [-0.39, 0.29) is 11.7 Å². The molecule has 5 rings (SSSR count). The van der Waals surface area contributed by atoms with Crippen LogP contribution in [0.15, 0.2) is 19.1 Å². The largest absolute Gasteiger partial charge is 0.361 e. The molecule has 0 radical (unpaired) electrons. The van der Waals surface area contributed by atoms with Gasteiger partial charge in [0.1, 0.15) is 22.0 Å². The topological polar surface area (TPSA) is 107 Å². The average molecular weight is 385 g/mol. The molecule has 1 N–H and O–H groups in total. The van der Waals surface area contributed by atoms with E-state index < -0.39 is 5.56 Å². The first-order valence-corrected chi connectivity index (χ1v) is 10.1. The van der Waals surface area contributed by atoms with E-state index in [0.717, 1.165) is 48.5 Å². The van der Waals surface area contributed by atoms with E-state index in [1.165, 1.54) is 11.8 Å². The number of hydrogen-bond acceptors (Lipinski definition) is 7. The lowest BCUT2D eigenvalue weighted by Gasteiger charge is -2.11. The fourth-order valence-electron chi connectivity index (χ4n) is 3.28. The fraction of sp³-hybridized carbons (Fsp3) is 0.500. The van der Waals surface area contributed by atoms with E-state index in [9.17, 15) is 9.59 Å². The van der Waals surface area contributed by atoms with Gasteiger partial charge in [-0.15, -0.1) is 11.8 Å². The lowest BCUT2D eigenvalue weighted by Crippen LogP contribution is -2.31. The molecule has 9 heteroatoms. The number of aromatic amines is 1. The van der Waals surface area contributed by atoms with Crippen LogP contribution in [0.2, 0.25) is 0 Å². The molecule has 2 saturated carbocycles. The second-order valence-corrected chi connectivity index (χ2v) is 8.28. The van der Waals surface area contributed by atoms with Crippen molar-refractivity contribution in [2.24, 2.45) is 0 Å². The molecule has 0 atom stereocenters. The van der Waals surface area contributed by atoms with Crippen LogP contribution in [0.3, 0.4) is 0 Å². The van der Waals surface area contributed by atoms with Crippen molar-refractivity contribution < 1.29 is 4.52 Å². The van der Waals surface area contributed by atoms with Crippen molar-refractivity contribution in [3.8, 4) is 0 Å². The van der Waals surface area contributed by atoms with Crippen LogP contribution in [0.5, 0.6) is 0 Å². The Morgan fingerprint density at radius 3 is 2.59 bits per heavy atom. The Labute approximate surface area is 158 Å². The molecule has 0 aliphatic heterocycles. The molecule has 0 spiro atoms. The molecule has 27 heavy (non-hydrogen) atoms. The monoisotopic (exact) mass is 385 g/mol. The first kappa shape index (κ1) is 16.7. The highest BCUT2D eigenvalue weighted by Crippen LogP contribution is 2.41. The number of aryl methyl sites for hydroxylation is 2. The van der Waals surface area contributed by atoms with Crippen molar-refractivity contribution in [2.45, 2.75) is 62.3 Å². The van der Waals surface area contributed by atoms with Gasteiger partial charge in [0.15, 0.2) is 5.65 Å². The van der Waals surface area contributed by atoms with Crippen LogP contribution in [0.4, 0.5) is 0 Å². The molecule has 2 aliphatic carbocycles. The minimum absolute atomic E-state index is 0.124. The van der Waals surface area contributed by atoms with Crippen LogP contribution in [0, 0.1) is 13.8 Å². The molecule has 3 aromatic heterocycles. The van der Waals surface area contributed by atoms with Crippen LogP contribution < -0.4 is 11.2 Å². The molecule has 0 saturated heterocycles. The maximum absolute atomic E-state index is 12.6. The Hall–Kier alpha value is -2.42. The Bertz CT molecular complexity index is 1150. The summed E-state index contributed by atoms with van der Waals surface area (Å²) in [4.78, 5) is 36.8.